The molecule has 0 aliphatic rings. The highest BCUT2D eigenvalue weighted by molar-refractivity contribution is 7.13. The Balaban J connectivity index is 1.90. The fourth-order valence-corrected chi connectivity index (χ4v) is 2.43. The van der Waals surface area contributed by atoms with Crippen molar-refractivity contribution in [3.8, 4) is 5.75 Å². The van der Waals surface area contributed by atoms with Gasteiger partial charge in [0.05, 0.1) is 18.2 Å². The third kappa shape index (κ3) is 4.75. The van der Waals surface area contributed by atoms with Gasteiger partial charge < -0.3 is 15.4 Å². The summed E-state index contributed by atoms with van der Waals surface area (Å²) in [6, 6.07) is 7.35. The topological polar surface area (TPSA) is 63.2 Å². The maximum Gasteiger partial charge on any atom is 0.230 e. The van der Waals surface area contributed by atoms with Crippen molar-refractivity contribution < 1.29 is 9.53 Å². The van der Waals surface area contributed by atoms with Gasteiger partial charge in [-0.15, -0.1) is 11.3 Å². The van der Waals surface area contributed by atoms with E-state index < -0.39 is 0 Å². The van der Waals surface area contributed by atoms with Gasteiger partial charge in [-0.05, 0) is 38.1 Å². The first kappa shape index (κ1) is 15.3. The zero-order valence-electron chi connectivity index (χ0n) is 12.3. The van der Waals surface area contributed by atoms with E-state index in [4.69, 9.17) is 4.74 Å². The largest absolute Gasteiger partial charge is 0.491 e. The average molecular weight is 305 g/mol. The van der Waals surface area contributed by atoms with Crippen molar-refractivity contribution in [2.45, 2.75) is 26.4 Å². The Kier molecular flexibility index (Phi) is 5.16. The van der Waals surface area contributed by atoms with Crippen LogP contribution in [-0.4, -0.2) is 24.0 Å². The van der Waals surface area contributed by atoms with Crippen molar-refractivity contribution in [2.75, 3.05) is 17.7 Å². The first-order valence-corrected chi connectivity index (χ1v) is 7.63. The average Bonchev–Trinajstić information content (AvgIpc) is 2.88. The number of hydrogen-bond donors (Lipinski definition) is 2. The van der Waals surface area contributed by atoms with Crippen molar-refractivity contribution in [1.29, 1.82) is 0 Å². The summed E-state index contributed by atoms with van der Waals surface area (Å²) in [6.07, 6.45) is 0.402. The van der Waals surface area contributed by atoms with Gasteiger partial charge in [-0.1, -0.05) is 0 Å². The lowest BCUT2D eigenvalue weighted by Crippen LogP contribution is -2.14. The van der Waals surface area contributed by atoms with Crippen molar-refractivity contribution in [1.82, 2.24) is 4.98 Å². The highest BCUT2D eigenvalue weighted by Crippen LogP contribution is 2.18. The van der Waals surface area contributed by atoms with Crippen molar-refractivity contribution >= 4 is 28.1 Å². The van der Waals surface area contributed by atoms with Crippen LogP contribution in [0.2, 0.25) is 0 Å². The van der Waals surface area contributed by atoms with Crippen LogP contribution >= 0.6 is 11.3 Å². The molecule has 2 N–H and O–H groups in total. The van der Waals surface area contributed by atoms with E-state index in [9.17, 15) is 4.79 Å². The Labute approximate surface area is 128 Å². The van der Waals surface area contributed by atoms with E-state index in [0.717, 1.165) is 22.3 Å². The van der Waals surface area contributed by atoms with E-state index in [-0.39, 0.29) is 18.4 Å². The van der Waals surface area contributed by atoms with Gasteiger partial charge in [0.2, 0.25) is 5.91 Å². The molecule has 0 aliphatic carbocycles. The summed E-state index contributed by atoms with van der Waals surface area (Å²) in [5.41, 5.74) is 1.52. The van der Waals surface area contributed by atoms with E-state index in [1.807, 2.05) is 50.5 Å². The molecule has 5 nitrogen and oxygen atoms in total. The van der Waals surface area contributed by atoms with E-state index in [1.54, 1.807) is 0 Å². The van der Waals surface area contributed by atoms with Crippen LogP contribution in [0.15, 0.2) is 29.6 Å². The Morgan fingerprint density at radius 2 is 2.05 bits per heavy atom. The lowest BCUT2D eigenvalue weighted by atomic mass is 10.2. The van der Waals surface area contributed by atoms with Crippen LogP contribution in [0.4, 0.5) is 10.8 Å². The Hall–Kier alpha value is -2.08. The van der Waals surface area contributed by atoms with Gasteiger partial charge in [-0.2, -0.15) is 0 Å². The summed E-state index contributed by atoms with van der Waals surface area (Å²) < 4.78 is 5.56. The summed E-state index contributed by atoms with van der Waals surface area (Å²) >= 11 is 1.49. The van der Waals surface area contributed by atoms with Crippen molar-refractivity contribution in [2.24, 2.45) is 0 Å². The normalized spacial score (nSPS) is 10.5. The van der Waals surface area contributed by atoms with E-state index in [1.165, 1.54) is 11.3 Å². The molecule has 0 bridgehead atoms. The highest BCUT2D eigenvalue weighted by Gasteiger charge is 2.08. The number of benzene rings is 1. The Morgan fingerprint density at radius 3 is 2.62 bits per heavy atom. The third-order valence-corrected chi connectivity index (χ3v) is 3.53. The van der Waals surface area contributed by atoms with Gasteiger partial charge in [0.25, 0.3) is 0 Å². The number of aromatic nitrogens is 1. The van der Waals surface area contributed by atoms with Gasteiger partial charge in [-0.3, -0.25) is 4.79 Å². The quantitative estimate of drug-likeness (QED) is 0.860. The highest BCUT2D eigenvalue weighted by atomic mass is 32.1. The lowest BCUT2D eigenvalue weighted by molar-refractivity contribution is -0.115. The van der Waals surface area contributed by atoms with Crippen LogP contribution in [0, 0.1) is 0 Å². The molecule has 0 saturated carbocycles. The number of thiazole rings is 1. The summed E-state index contributed by atoms with van der Waals surface area (Å²) in [5.74, 6) is 0.710. The molecule has 1 aromatic carbocycles. The molecule has 1 amide bonds. The molecule has 1 heterocycles. The molecule has 2 aromatic rings. The molecule has 112 valence electrons. The molecule has 0 atom stereocenters. The third-order valence-electron chi connectivity index (χ3n) is 2.62. The number of carbonyl (C=O) groups excluding carboxylic acids is 1. The Morgan fingerprint density at radius 1 is 1.33 bits per heavy atom. The second-order valence-corrected chi connectivity index (χ2v) is 5.67. The molecule has 0 unspecified atom stereocenters. The van der Waals surface area contributed by atoms with Gasteiger partial charge in [0.15, 0.2) is 5.13 Å². The van der Waals surface area contributed by atoms with Crippen LogP contribution < -0.4 is 15.4 Å². The molecular weight excluding hydrogens is 286 g/mol. The van der Waals surface area contributed by atoms with Crippen LogP contribution in [0.3, 0.4) is 0 Å². The van der Waals surface area contributed by atoms with Gasteiger partial charge in [0, 0.05) is 18.1 Å². The minimum Gasteiger partial charge on any atom is -0.491 e. The molecule has 6 heteroatoms. The molecule has 2 rings (SSSR count). The van der Waals surface area contributed by atoms with Crippen LogP contribution in [0.1, 0.15) is 19.5 Å². The molecular formula is C15H19N3O2S. The first-order chi connectivity index (χ1) is 10.1. The SMILES string of the molecule is CNc1nc(CC(=O)Nc2ccc(OC(C)C)cc2)cs1. The van der Waals surface area contributed by atoms with Crippen LogP contribution in [0.25, 0.3) is 0 Å². The van der Waals surface area contributed by atoms with Gasteiger partial charge in [0.1, 0.15) is 5.75 Å². The molecule has 0 spiro atoms. The maximum absolute atomic E-state index is 11.9. The first-order valence-electron chi connectivity index (χ1n) is 6.75. The molecule has 0 saturated heterocycles. The lowest BCUT2D eigenvalue weighted by Gasteiger charge is -2.10. The number of amides is 1. The molecule has 0 fully saturated rings. The maximum atomic E-state index is 11.9. The second kappa shape index (κ2) is 7.08. The number of ether oxygens (including phenoxy) is 1. The van der Waals surface area contributed by atoms with E-state index in [2.05, 4.69) is 15.6 Å². The zero-order valence-corrected chi connectivity index (χ0v) is 13.2. The Bertz CT molecular complexity index is 593. The number of nitrogens with one attached hydrogen (secondary N) is 2. The van der Waals surface area contributed by atoms with Crippen LogP contribution in [0.5, 0.6) is 5.75 Å². The standard InChI is InChI=1S/C15H19N3O2S/c1-10(2)20-13-6-4-11(5-7-13)17-14(19)8-12-9-21-15(16-3)18-12/h4-7,9-10H,8H2,1-3H3,(H,16,18)(H,17,19). The summed E-state index contributed by atoms with van der Waals surface area (Å²) in [4.78, 5) is 16.2. The van der Waals surface area contributed by atoms with Crippen molar-refractivity contribution in [3.63, 3.8) is 0 Å². The molecule has 0 aliphatic heterocycles. The summed E-state index contributed by atoms with van der Waals surface area (Å²) in [5, 5.41) is 8.49. The minimum absolute atomic E-state index is 0.0829. The zero-order chi connectivity index (χ0) is 15.2. The predicted octanol–water partition coefficient (Wildman–Crippen LogP) is 3.15. The van der Waals surface area contributed by atoms with Gasteiger partial charge >= 0.3 is 0 Å². The fraction of sp³-hybridized carbons (Fsp3) is 0.333. The smallest absolute Gasteiger partial charge is 0.230 e. The number of hydrogen-bond acceptors (Lipinski definition) is 5. The fourth-order valence-electron chi connectivity index (χ4n) is 1.76. The van der Waals surface area contributed by atoms with Gasteiger partial charge in [-0.25, -0.2) is 4.98 Å². The van der Waals surface area contributed by atoms with E-state index >= 15 is 0 Å². The molecule has 21 heavy (non-hydrogen) atoms. The number of rotatable bonds is 6. The van der Waals surface area contributed by atoms with E-state index in [0.29, 0.717) is 0 Å². The number of carbonyl (C=O) groups is 1. The second-order valence-electron chi connectivity index (χ2n) is 4.81. The number of nitrogens with zero attached hydrogens (tertiary/aromatic N) is 1. The summed E-state index contributed by atoms with van der Waals surface area (Å²) in [7, 11) is 1.81. The minimum atomic E-state index is -0.0829. The molecule has 0 radical (unpaired) electrons. The summed E-state index contributed by atoms with van der Waals surface area (Å²) in [6.45, 7) is 3.95. The predicted molar refractivity (Wildman–Crippen MR) is 86.2 cm³/mol. The monoisotopic (exact) mass is 305 g/mol. The van der Waals surface area contributed by atoms with Crippen molar-refractivity contribution in [3.05, 3.63) is 35.3 Å². The van der Waals surface area contributed by atoms with Crippen LogP contribution in [-0.2, 0) is 11.2 Å². The molecule has 1 aromatic heterocycles. The number of anilines is 2.